The molecule has 4 rings (SSSR count). The van der Waals surface area contributed by atoms with E-state index in [1.165, 1.54) is 0 Å². The third-order valence-electron chi connectivity index (χ3n) is 7.02. The highest BCUT2D eigenvalue weighted by Crippen LogP contribution is 2.49. The van der Waals surface area contributed by atoms with Crippen LogP contribution in [-0.4, -0.2) is 32.1 Å². The summed E-state index contributed by atoms with van der Waals surface area (Å²) in [6, 6.07) is 13.7. The van der Waals surface area contributed by atoms with Gasteiger partial charge in [0.2, 0.25) is 0 Å². The number of carbonyl (C=O) groups excluding carboxylic acids is 2. The fraction of sp³-hybridized carbons (Fsp3) is 0.379. The maximum atomic E-state index is 13.8. The molecule has 0 bridgehead atoms. The first-order valence-electron chi connectivity index (χ1n) is 12.2. The largest absolute Gasteiger partial charge is 0.493 e. The smallest absolute Gasteiger partial charge is 0.337 e. The second kappa shape index (κ2) is 10.9. The molecule has 0 unspecified atom stereocenters. The number of nitrogens with one attached hydrogen (secondary N) is 1. The molecule has 1 aliphatic heterocycles. The molecule has 6 nitrogen and oxygen atoms in total. The number of methoxy groups -OCH3 is 2. The van der Waals surface area contributed by atoms with Crippen molar-refractivity contribution in [2.24, 2.45) is 0 Å². The van der Waals surface area contributed by atoms with Crippen LogP contribution >= 0.6 is 15.9 Å². The summed E-state index contributed by atoms with van der Waals surface area (Å²) in [6.45, 7) is 5.71. The van der Waals surface area contributed by atoms with Crippen molar-refractivity contribution in [3.8, 4) is 11.5 Å². The van der Waals surface area contributed by atoms with Gasteiger partial charge in [-0.05, 0) is 55.9 Å². The molecule has 2 aromatic carbocycles. The molecule has 3 atom stereocenters. The van der Waals surface area contributed by atoms with Crippen LogP contribution in [0.4, 0.5) is 0 Å². The Labute approximate surface area is 220 Å². The van der Waals surface area contributed by atoms with Gasteiger partial charge in [-0.2, -0.15) is 0 Å². The van der Waals surface area contributed by atoms with Gasteiger partial charge in [-0.15, -0.1) is 0 Å². The summed E-state index contributed by atoms with van der Waals surface area (Å²) in [4.78, 5) is 27.3. The fourth-order valence-electron chi connectivity index (χ4n) is 5.00. The van der Waals surface area contributed by atoms with Gasteiger partial charge in [0, 0.05) is 33.8 Å². The number of benzene rings is 2. The molecule has 1 aliphatic carbocycles. The zero-order valence-corrected chi connectivity index (χ0v) is 22.9. The molecule has 7 heteroatoms. The number of allylic oxidation sites excluding steroid dienone is 3. The number of ether oxygens (including phenoxy) is 3. The Morgan fingerprint density at radius 2 is 1.78 bits per heavy atom. The van der Waals surface area contributed by atoms with E-state index in [1.54, 1.807) is 14.2 Å². The minimum absolute atomic E-state index is 0.0191. The Morgan fingerprint density at radius 3 is 2.42 bits per heavy atom. The second-order valence-electron chi connectivity index (χ2n) is 9.28. The molecule has 2 aromatic rings. The Bertz CT molecular complexity index is 1230. The van der Waals surface area contributed by atoms with Gasteiger partial charge in [0.1, 0.15) is 0 Å². The van der Waals surface area contributed by atoms with Crippen molar-refractivity contribution in [2.75, 3.05) is 14.2 Å². The van der Waals surface area contributed by atoms with E-state index in [9.17, 15) is 9.59 Å². The predicted molar refractivity (Wildman–Crippen MR) is 142 cm³/mol. The van der Waals surface area contributed by atoms with Crippen LogP contribution in [0.2, 0.25) is 0 Å². The lowest BCUT2D eigenvalue weighted by Gasteiger charge is -2.37. The van der Waals surface area contributed by atoms with Crippen LogP contribution in [0, 0.1) is 0 Å². The van der Waals surface area contributed by atoms with Crippen LogP contribution < -0.4 is 14.8 Å². The summed E-state index contributed by atoms with van der Waals surface area (Å²) in [5, 5.41) is 3.41. The first kappa shape index (κ1) is 26.0. The SMILES string of the molecule is CC[C@@H](C)OC(=O)C1=C(C)NC2=C(C(=O)C[C@H](c3ccccc3)C2)[C@H]1c1cc(OC)c(OC)cc1Br. The third kappa shape index (κ3) is 4.94. The normalized spacial score (nSPS) is 20.4. The zero-order chi connectivity index (χ0) is 26.0. The Kier molecular flexibility index (Phi) is 7.88. The van der Waals surface area contributed by atoms with Crippen LogP contribution in [0.15, 0.2) is 69.5 Å². The quantitative estimate of drug-likeness (QED) is 0.413. The molecule has 2 aliphatic rings. The molecule has 0 aromatic heterocycles. The maximum Gasteiger partial charge on any atom is 0.337 e. The highest BCUT2D eigenvalue weighted by Gasteiger charge is 2.42. The van der Waals surface area contributed by atoms with Crippen molar-refractivity contribution >= 4 is 27.7 Å². The Morgan fingerprint density at radius 1 is 1.11 bits per heavy atom. The highest BCUT2D eigenvalue weighted by molar-refractivity contribution is 9.10. The molecule has 0 amide bonds. The summed E-state index contributed by atoms with van der Waals surface area (Å²) in [7, 11) is 3.14. The molecule has 36 heavy (non-hydrogen) atoms. The number of ketones is 1. The summed E-state index contributed by atoms with van der Waals surface area (Å²) in [6.07, 6.45) is 1.50. The van der Waals surface area contributed by atoms with Gasteiger partial charge in [0.15, 0.2) is 17.3 Å². The molecule has 0 saturated carbocycles. The predicted octanol–water partition coefficient (Wildman–Crippen LogP) is 6.17. The number of Topliss-reactive ketones (excluding diaryl/α,β-unsaturated/α-hetero) is 1. The summed E-state index contributed by atoms with van der Waals surface area (Å²) < 4.78 is 17.5. The van der Waals surface area contributed by atoms with Gasteiger partial charge in [-0.25, -0.2) is 4.79 Å². The molecule has 0 fully saturated rings. The molecule has 0 spiro atoms. The number of rotatable bonds is 7. The molecular formula is C29H32BrNO5. The molecule has 190 valence electrons. The monoisotopic (exact) mass is 553 g/mol. The van der Waals surface area contributed by atoms with E-state index in [0.29, 0.717) is 47.6 Å². The first-order valence-corrected chi connectivity index (χ1v) is 13.0. The van der Waals surface area contributed by atoms with Crippen molar-refractivity contribution in [1.29, 1.82) is 0 Å². The minimum atomic E-state index is -0.601. The number of hydrogen-bond donors (Lipinski definition) is 1. The topological polar surface area (TPSA) is 73.9 Å². The zero-order valence-electron chi connectivity index (χ0n) is 21.3. The lowest BCUT2D eigenvalue weighted by Crippen LogP contribution is -2.36. The summed E-state index contributed by atoms with van der Waals surface area (Å²) in [5.74, 6) is 0.141. The van der Waals surface area contributed by atoms with E-state index >= 15 is 0 Å². The summed E-state index contributed by atoms with van der Waals surface area (Å²) >= 11 is 3.67. The van der Waals surface area contributed by atoms with Crippen molar-refractivity contribution in [3.05, 3.63) is 80.6 Å². The van der Waals surface area contributed by atoms with Gasteiger partial charge in [-0.3, -0.25) is 4.79 Å². The van der Waals surface area contributed by atoms with E-state index < -0.39 is 11.9 Å². The molecule has 1 heterocycles. The van der Waals surface area contributed by atoms with Gasteiger partial charge >= 0.3 is 5.97 Å². The van der Waals surface area contributed by atoms with Crippen molar-refractivity contribution in [1.82, 2.24) is 5.32 Å². The number of hydrogen-bond acceptors (Lipinski definition) is 6. The van der Waals surface area contributed by atoms with E-state index in [0.717, 1.165) is 21.3 Å². The Hall–Kier alpha value is -3.06. The highest BCUT2D eigenvalue weighted by atomic mass is 79.9. The summed E-state index contributed by atoms with van der Waals surface area (Å²) in [5.41, 5.74) is 4.47. The van der Waals surface area contributed by atoms with E-state index in [4.69, 9.17) is 14.2 Å². The van der Waals surface area contributed by atoms with Crippen LogP contribution in [0.1, 0.15) is 63.0 Å². The first-order chi connectivity index (χ1) is 17.3. The second-order valence-corrected chi connectivity index (χ2v) is 10.1. The maximum absolute atomic E-state index is 13.8. The van der Waals surface area contributed by atoms with E-state index in [2.05, 4.69) is 33.4 Å². The average molecular weight is 554 g/mol. The van der Waals surface area contributed by atoms with Gasteiger partial charge < -0.3 is 19.5 Å². The molecule has 0 saturated heterocycles. The number of dihydropyridines is 1. The number of halogens is 1. The van der Waals surface area contributed by atoms with Crippen molar-refractivity contribution < 1.29 is 23.8 Å². The lowest BCUT2D eigenvalue weighted by molar-refractivity contribution is -0.144. The molecule has 0 radical (unpaired) electrons. The van der Waals surface area contributed by atoms with Gasteiger partial charge in [0.05, 0.1) is 25.9 Å². The molecule has 1 N–H and O–H groups in total. The molecular weight excluding hydrogens is 522 g/mol. The van der Waals surface area contributed by atoms with Crippen molar-refractivity contribution in [3.63, 3.8) is 0 Å². The number of carbonyl (C=O) groups is 2. The van der Waals surface area contributed by atoms with Crippen LogP contribution in [0.5, 0.6) is 11.5 Å². The Balaban J connectivity index is 1.87. The lowest BCUT2D eigenvalue weighted by atomic mass is 9.71. The van der Waals surface area contributed by atoms with Crippen LogP contribution in [0.3, 0.4) is 0 Å². The van der Waals surface area contributed by atoms with Gasteiger partial charge in [-0.1, -0.05) is 53.2 Å². The van der Waals surface area contributed by atoms with Crippen molar-refractivity contribution in [2.45, 2.75) is 58.0 Å². The van der Waals surface area contributed by atoms with E-state index in [-0.39, 0.29) is 17.8 Å². The van der Waals surface area contributed by atoms with Gasteiger partial charge in [0.25, 0.3) is 0 Å². The van der Waals surface area contributed by atoms with Crippen LogP contribution in [-0.2, 0) is 14.3 Å². The van der Waals surface area contributed by atoms with E-state index in [1.807, 2.05) is 51.1 Å². The standard InChI is InChI=1S/C29H32BrNO5/c1-6-16(2)36-29(33)26-17(3)31-22-12-19(18-10-8-7-9-11-18)13-23(32)28(22)27(26)20-14-24(34-4)25(35-5)15-21(20)30/h7-11,14-16,19,27,31H,6,12-13H2,1-5H3/t16-,19-,27+/m1/s1. The average Bonchev–Trinajstić information content (AvgIpc) is 2.87. The third-order valence-corrected chi connectivity index (χ3v) is 7.70. The van der Waals surface area contributed by atoms with Crippen LogP contribution in [0.25, 0.3) is 0 Å². The minimum Gasteiger partial charge on any atom is -0.493 e. The fourth-order valence-corrected chi connectivity index (χ4v) is 5.55. The number of esters is 1.